The average Bonchev–Trinajstić information content (AvgIpc) is 2.02. The minimum Gasteiger partial charge on any atom is -0.394 e. The van der Waals surface area contributed by atoms with E-state index < -0.39 is 24.9 Å². The molecule has 0 saturated carbocycles. The molecule has 0 aliphatic carbocycles. The van der Waals surface area contributed by atoms with E-state index in [0.29, 0.717) is 0 Å². The summed E-state index contributed by atoms with van der Waals surface area (Å²) in [6.07, 6.45) is -3.15. The van der Waals surface area contributed by atoms with Crippen LogP contribution in [0.25, 0.3) is 0 Å². The Hall–Kier alpha value is -0.200. The Morgan fingerprint density at radius 2 is 1.64 bits per heavy atom. The Labute approximate surface area is 65.1 Å². The molecule has 0 aromatic heterocycles. The van der Waals surface area contributed by atoms with E-state index in [1.165, 1.54) is 0 Å². The van der Waals surface area contributed by atoms with Gasteiger partial charge in [0.1, 0.15) is 6.10 Å². The van der Waals surface area contributed by atoms with Gasteiger partial charge in [0.25, 0.3) is 0 Å². The van der Waals surface area contributed by atoms with Crippen LogP contribution in [0.2, 0.25) is 0 Å². The highest BCUT2D eigenvalue weighted by Gasteiger charge is 2.17. The molecule has 0 unspecified atom stereocenters. The molecule has 0 saturated heterocycles. The molecule has 68 valence electrons. The van der Waals surface area contributed by atoms with Gasteiger partial charge in [0.05, 0.1) is 18.8 Å². The smallest absolute Gasteiger partial charge is 0.103 e. The zero-order chi connectivity index (χ0) is 8.85. The molecule has 0 aromatic carbocycles. The molecule has 0 heterocycles. The third kappa shape index (κ3) is 4.28. The Morgan fingerprint density at radius 3 is 2.00 bits per heavy atom. The predicted molar refractivity (Wildman–Crippen MR) is 38.8 cm³/mol. The molecule has 0 spiro atoms. The zero-order valence-corrected chi connectivity index (χ0v) is 6.22. The van der Waals surface area contributed by atoms with Gasteiger partial charge in [-0.3, -0.25) is 0 Å². The molecular formula is C6H15NO4. The van der Waals surface area contributed by atoms with Crippen LogP contribution >= 0.6 is 0 Å². The predicted octanol–water partition coefficient (Wildman–Crippen LogP) is -2.59. The van der Waals surface area contributed by atoms with Gasteiger partial charge in [0.2, 0.25) is 0 Å². The maximum atomic E-state index is 8.99. The first kappa shape index (κ1) is 10.8. The molecule has 5 heteroatoms. The van der Waals surface area contributed by atoms with Gasteiger partial charge in [-0.2, -0.15) is 0 Å². The summed E-state index contributed by atoms with van der Waals surface area (Å²) in [5, 5.41) is 35.1. The van der Waals surface area contributed by atoms with Crippen LogP contribution < -0.4 is 5.73 Å². The number of aliphatic hydroxyl groups is 4. The lowest BCUT2D eigenvalue weighted by atomic mass is 10.1. The van der Waals surface area contributed by atoms with Crippen molar-refractivity contribution in [2.75, 3.05) is 13.2 Å². The Bertz CT molecular complexity index is 101. The molecule has 0 amide bonds. The lowest BCUT2D eigenvalue weighted by molar-refractivity contribution is -0.0350. The van der Waals surface area contributed by atoms with Crippen molar-refractivity contribution >= 4 is 0 Å². The Morgan fingerprint density at radius 1 is 1.09 bits per heavy atom. The molecule has 0 aromatic rings. The molecule has 3 atom stereocenters. The Balaban J connectivity index is 3.58. The third-order valence-electron chi connectivity index (χ3n) is 1.42. The lowest BCUT2D eigenvalue weighted by Gasteiger charge is -2.17. The van der Waals surface area contributed by atoms with Crippen LogP contribution in [-0.4, -0.2) is 51.9 Å². The summed E-state index contributed by atoms with van der Waals surface area (Å²) in [6, 6.07) is 0. The molecule has 0 radical (unpaired) electrons. The van der Waals surface area contributed by atoms with Crippen molar-refractivity contribution in [3.8, 4) is 0 Å². The number of hydrogen-bond donors (Lipinski definition) is 5. The summed E-state index contributed by atoms with van der Waals surface area (Å²) in [5.74, 6) is 0. The van der Waals surface area contributed by atoms with Crippen LogP contribution in [0, 0.1) is 0 Å². The molecular weight excluding hydrogens is 150 g/mol. The summed E-state index contributed by atoms with van der Waals surface area (Å²) in [7, 11) is 0. The topological polar surface area (TPSA) is 107 Å². The molecule has 11 heavy (non-hydrogen) atoms. The van der Waals surface area contributed by atoms with Gasteiger partial charge >= 0.3 is 0 Å². The van der Waals surface area contributed by atoms with Crippen molar-refractivity contribution < 1.29 is 20.4 Å². The van der Waals surface area contributed by atoms with E-state index in [4.69, 9.17) is 26.2 Å². The standard InChI is InChI=1S/C6H15NO4/c7-2-4(9)1-5(10)6(11)3-8/h4-6,8-11H,1-3,7H2/t4-,5+,6+/m1/s1. The SMILES string of the molecule is NC[C@H](O)C[C@H](O)[C@@H](O)CO. The van der Waals surface area contributed by atoms with Crippen molar-refractivity contribution in [3.63, 3.8) is 0 Å². The average molecular weight is 165 g/mol. The van der Waals surface area contributed by atoms with Crippen molar-refractivity contribution in [2.24, 2.45) is 5.73 Å². The van der Waals surface area contributed by atoms with E-state index in [-0.39, 0.29) is 13.0 Å². The van der Waals surface area contributed by atoms with Crippen LogP contribution in [0.15, 0.2) is 0 Å². The van der Waals surface area contributed by atoms with Crippen LogP contribution in [0.5, 0.6) is 0 Å². The number of rotatable bonds is 5. The van der Waals surface area contributed by atoms with Crippen molar-refractivity contribution in [3.05, 3.63) is 0 Å². The summed E-state index contributed by atoms with van der Waals surface area (Å²) < 4.78 is 0. The summed E-state index contributed by atoms with van der Waals surface area (Å²) in [6.45, 7) is -0.479. The van der Waals surface area contributed by atoms with Gasteiger partial charge in [0, 0.05) is 13.0 Å². The highest BCUT2D eigenvalue weighted by atomic mass is 16.4. The number of aliphatic hydroxyl groups excluding tert-OH is 4. The van der Waals surface area contributed by atoms with E-state index in [1.807, 2.05) is 0 Å². The largest absolute Gasteiger partial charge is 0.394 e. The fraction of sp³-hybridized carbons (Fsp3) is 1.00. The Kier molecular flexibility index (Phi) is 5.35. The van der Waals surface area contributed by atoms with E-state index in [1.54, 1.807) is 0 Å². The zero-order valence-electron chi connectivity index (χ0n) is 6.22. The van der Waals surface area contributed by atoms with Crippen LogP contribution in [0.4, 0.5) is 0 Å². The number of hydrogen-bond acceptors (Lipinski definition) is 5. The van der Waals surface area contributed by atoms with Crippen LogP contribution in [0.3, 0.4) is 0 Å². The summed E-state index contributed by atoms with van der Waals surface area (Å²) in [5.41, 5.74) is 5.06. The molecule has 5 nitrogen and oxygen atoms in total. The van der Waals surface area contributed by atoms with Crippen molar-refractivity contribution in [1.29, 1.82) is 0 Å². The maximum Gasteiger partial charge on any atom is 0.103 e. The molecule has 0 aliphatic rings. The lowest BCUT2D eigenvalue weighted by Crippen LogP contribution is -2.35. The van der Waals surface area contributed by atoms with Crippen molar-refractivity contribution in [1.82, 2.24) is 0 Å². The molecule has 0 fully saturated rings. The monoisotopic (exact) mass is 165 g/mol. The molecule has 6 N–H and O–H groups in total. The quantitative estimate of drug-likeness (QED) is 0.307. The van der Waals surface area contributed by atoms with Gasteiger partial charge in [-0.25, -0.2) is 0 Å². The normalized spacial score (nSPS) is 19.4. The van der Waals surface area contributed by atoms with Gasteiger partial charge in [-0.15, -0.1) is 0 Å². The second-order valence-electron chi connectivity index (χ2n) is 2.44. The van der Waals surface area contributed by atoms with E-state index in [0.717, 1.165) is 0 Å². The maximum absolute atomic E-state index is 8.99. The van der Waals surface area contributed by atoms with Gasteiger partial charge in [-0.1, -0.05) is 0 Å². The molecule has 0 aliphatic heterocycles. The van der Waals surface area contributed by atoms with Crippen LogP contribution in [-0.2, 0) is 0 Å². The first-order chi connectivity index (χ1) is 5.11. The second kappa shape index (κ2) is 5.45. The second-order valence-corrected chi connectivity index (χ2v) is 2.44. The van der Waals surface area contributed by atoms with E-state index >= 15 is 0 Å². The summed E-state index contributed by atoms with van der Waals surface area (Å²) >= 11 is 0. The van der Waals surface area contributed by atoms with E-state index in [9.17, 15) is 0 Å². The molecule has 0 rings (SSSR count). The first-order valence-corrected chi connectivity index (χ1v) is 3.47. The fourth-order valence-corrected chi connectivity index (χ4v) is 0.654. The third-order valence-corrected chi connectivity index (χ3v) is 1.42. The molecule has 0 bridgehead atoms. The highest BCUT2D eigenvalue weighted by molar-refractivity contribution is 4.70. The van der Waals surface area contributed by atoms with Crippen molar-refractivity contribution in [2.45, 2.75) is 24.7 Å². The first-order valence-electron chi connectivity index (χ1n) is 3.47. The number of nitrogens with two attached hydrogens (primary N) is 1. The highest BCUT2D eigenvalue weighted by Crippen LogP contribution is 2.01. The van der Waals surface area contributed by atoms with Gasteiger partial charge in [0.15, 0.2) is 0 Å². The fourth-order valence-electron chi connectivity index (χ4n) is 0.654. The van der Waals surface area contributed by atoms with Crippen LogP contribution in [0.1, 0.15) is 6.42 Å². The summed E-state index contributed by atoms with van der Waals surface area (Å²) in [4.78, 5) is 0. The van der Waals surface area contributed by atoms with Gasteiger partial charge < -0.3 is 26.2 Å². The minimum atomic E-state index is -1.20. The van der Waals surface area contributed by atoms with E-state index in [2.05, 4.69) is 0 Å². The minimum absolute atomic E-state index is 0.0156. The van der Waals surface area contributed by atoms with Gasteiger partial charge in [-0.05, 0) is 0 Å².